The molecule has 0 aliphatic carbocycles. The Morgan fingerprint density at radius 1 is 0.516 bits per heavy atom. The highest BCUT2D eigenvalue weighted by molar-refractivity contribution is 7.47. The summed E-state index contributed by atoms with van der Waals surface area (Å²) < 4.78 is 26.9. The van der Waals surface area contributed by atoms with Crippen LogP contribution in [0.3, 0.4) is 0 Å². The first-order chi connectivity index (χ1) is 31.1. The minimum absolute atomic E-state index is 0.132. The fourth-order valence-corrected chi connectivity index (χ4v) is 6.89. The molecule has 0 aromatic carbocycles. The van der Waals surface area contributed by atoms with E-state index < -0.39 is 57.6 Å². The maximum atomic E-state index is 12.3. The molecule has 64 heavy (non-hydrogen) atoms. The number of hydrogen-bond acceptors (Lipinski definition) is 8. The van der Waals surface area contributed by atoms with Crippen molar-refractivity contribution in [1.29, 1.82) is 0 Å². The van der Waals surface area contributed by atoms with Crippen LogP contribution in [0.2, 0.25) is 0 Å². The number of carboxylic acid groups (broad SMARTS) is 1. The maximum Gasteiger partial charge on any atom is 0.472 e. The number of carbonyl (C=O) groups is 3. The predicted molar refractivity (Wildman–Crippen MR) is 263 cm³/mol. The van der Waals surface area contributed by atoms with Gasteiger partial charge in [0.15, 0.2) is 6.04 Å². The molecule has 0 spiro atoms. The van der Waals surface area contributed by atoms with Gasteiger partial charge in [-0.2, -0.15) is 0 Å². The second-order valence-electron chi connectivity index (χ2n) is 15.9. The van der Waals surface area contributed by atoms with Gasteiger partial charge < -0.3 is 25.2 Å². The molecule has 0 bridgehead atoms. The fourth-order valence-electron chi connectivity index (χ4n) is 6.12. The molecule has 11 nitrogen and oxygen atoms in total. The molecule has 1 amide bonds. The number of esters is 1. The molecule has 0 saturated heterocycles. The normalized spacial score (nSPS) is 14.4. The maximum absolute atomic E-state index is 12.3. The van der Waals surface area contributed by atoms with E-state index in [4.69, 9.17) is 13.8 Å². The Bertz CT molecular complexity index is 1450. The van der Waals surface area contributed by atoms with Gasteiger partial charge in [-0.1, -0.05) is 175 Å². The van der Waals surface area contributed by atoms with Gasteiger partial charge in [-0.3, -0.25) is 18.6 Å². The Morgan fingerprint density at radius 3 is 1.41 bits per heavy atom. The zero-order valence-corrected chi connectivity index (χ0v) is 40.4. The molecule has 3 atom stereocenters. The third kappa shape index (κ3) is 45.0. The number of amides is 1. The topological polar surface area (TPSA) is 169 Å². The van der Waals surface area contributed by atoms with Crippen LogP contribution in [-0.2, 0) is 32.7 Å². The average molecular weight is 916 g/mol. The van der Waals surface area contributed by atoms with E-state index >= 15 is 0 Å². The van der Waals surface area contributed by atoms with Gasteiger partial charge in [-0.15, -0.1) is 0 Å². The van der Waals surface area contributed by atoms with Crippen LogP contribution in [0.25, 0.3) is 0 Å². The smallest absolute Gasteiger partial charge is 0.472 e. The number of aliphatic hydroxyl groups excluding tert-OH is 1. The van der Waals surface area contributed by atoms with Gasteiger partial charge in [0.1, 0.15) is 12.7 Å². The molecular weight excluding hydrogens is 830 g/mol. The van der Waals surface area contributed by atoms with Crippen LogP contribution in [-0.4, -0.2) is 64.9 Å². The quantitative estimate of drug-likeness (QED) is 0.0200. The van der Waals surface area contributed by atoms with Gasteiger partial charge in [0.25, 0.3) is 0 Å². The lowest BCUT2D eigenvalue weighted by atomic mass is 10.1. The third-order valence-electron chi connectivity index (χ3n) is 9.86. The van der Waals surface area contributed by atoms with Crippen LogP contribution in [0.15, 0.2) is 97.2 Å². The highest BCUT2D eigenvalue weighted by atomic mass is 31.2. The van der Waals surface area contributed by atoms with Gasteiger partial charge in [-0.05, 0) is 89.9 Å². The Hall–Kier alpha value is -3.60. The van der Waals surface area contributed by atoms with Gasteiger partial charge in [-0.25, -0.2) is 9.36 Å². The van der Waals surface area contributed by atoms with Crippen LogP contribution in [0.4, 0.5) is 0 Å². The van der Waals surface area contributed by atoms with Gasteiger partial charge in [0.2, 0.25) is 5.91 Å². The summed E-state index contributed by atoms with van der Waals surface area (Å²) in [4.78, 5) is 46.0. The molecule has 3 unspecified atom stereocenters. The van der Waals surface area contributed by atoms with Gasteiger partial charge in [0, 0.05) is 12.8 Å². The lowest BCUT2D eigenvalue weighted by Gasteiger charge is -2.18. The molecule has 0 heterocycles. The molecule has 0 rings (SSSR count). The summed E-state index contributed by atoms with van der Waals surface area (Å²) >= 11 is 0. The third-order valence-corrected chi connectivity index (χ3v) is 10.8. The van der Waals surface area contributed by atoms with Crippen molar-refractivity contribution in [2.45, 2.75) is 193 Å². The number of aliphatic hydroxyl groups is 1. The van der Waals surface area contributed by atoms with E-state index in [1.807, 2.05) is 12.2 Å². The fraction of sp³-hybridized carbons (Fsp3) is 0.635. The Balaban J connectivity index is 3.97. The highest BCUT2D eigenvalue weighted by Gasteiger charge is 2.28. The largest absolute Gasteiger partial charge is 0.480 e. The lowest BCUT2D eigenvalue weighted by Crippen LogP contribution is -2.43. The van der Waals surface area contributed by atoms with Crippen molar-refractivity contribution in [2.75, 3.05) is 19.8 Å². The van der Waals surface area contributed by atoms with E-state index in [0.717, 1.165) is 77.0 Å². The highest BCUT2D eigenvalue weighted by Crippen LogP contribution is 2.43. The number of carboxylic acids is 1. The first-order valence-electron chi connectivity index (χ1n) is 24.3. The molecule has 364 valence electrons. The van der Waals surface area contributed by atoms with Crippen molar-refractivity contribution in [1.82, 2.24) is 5.32 Å². The summed E-state index contributed by atoms with van der Waals surface area (Å²) in [6.07, 6.45) is 58.6. The second kappa shape index (κ2) is 45.9. The number of phosphoric ester groups is 1. The molecule has 0 saturated carbocycles. The zero-order chi connectivity index (χ0) is 47.0. The Morgan fingerprint density at radius 2 is 0.922 bits per heavy atom. The molecule has 12 heteroatoms. The summed E-state index contributed by atoms with van der Waals surface area (Å²) in [5.41, 5.74) is 0. The number of rotatable bonds is 44. The zero-order valence-electron chi connectivity index (χ0n) is 39.5. The van der Waals surface area contributed by atoms with Crippen LogP contribution in [0.5, 0.6) is 0 Å². The van der Waals surface area contributed by atoms with E-state index in [0.29, 0.717) is 19.3 Å². The van der Waals surface area contributed by atoms with Crippen LogP contribution in [0, 0.1) is 0 Å². The van der Waals surface area contributed by atoms with Crippen molar-refractivity contribution in [3.63, 3.8) is 0 Å². The summed E-state index contributed by atoms with van der Waals surface area (Å²) in [5.74, 6) is -2.45. The summed E-state index contributed by atoms with van der Waals surface area (Å²) in [5, 5.41) is 21.9. The molecule has 0 aliphatic heterocycles. The van der Waals surface area contributed by atoms with E-state index in [2.05, 4.69) is 104 Å². The number of hydrogen-bond donors (Lipinski definition) is 4. The van der Waals surface area contributed by atoms with Crippen LogP contribution < -0.4 is 5.32 Å². The summed E-state index contributed by atoms with van der Waals surface area (Å²) in [6.45, 7) is 2.41. The average Bonchev–Trinajstić information content (AvgIpc) is 3.27. The Labute approximate surface area is 387 Å². The number of unbranched alkanes of at least 4 members (excludes halogenated alkanes) is 14. The lowest BCUT2D eigenvalue weighted by molar-refractivity contribution is -0.147. The van der Waals surface area contributed by atoms with Crippen molar-refractivity contribution in [2.24, 2.45) is 0 Å². The number of phosphoric acid groups is 1. The van der Waals surface area contributed by atoms with Crippen molar-refractivity contribution < 1.29 is 47.8 Å². The minimum atomic E-state index is -4.78. The first-order valence-corrected chi connectivity index (χ1v) is 25.8. The molecule has 4 N–H and O–H groups in total. The van der Waals surface area contributed by atoms with Crippen molar-refractivity contribution in [3.05, 3.63) is 97.2 Å². The van der Waals surface area contributed by atoms with E-state index in [-0.39, 0.29) is 12.8 Å². The van der Waals surface area contributed by atoms with Crippen LogP contribution >= 0.6 is 7.82 Å². The number of carbonyl (C=O) groups excluding carboxylic acids is 2. The number of nitrogens with one attached hydrogen (secondary N) is 1. The molecule has 0 aromatic heterocycles. The van der Waals surface area contributed by atoms with Crippen molar-refractivity contribution >= 4 is 25.7 Å². The molecule has 0 aliphatic rings. The minimum Gasteiger partial charge on any atom is -0.480 e. The molecule has 0 aromatic rings. The van der Waals surface area contributed by atoms with Crippen molar-refractivity contribution in [3.8, 4) is 0 Å². The first kappa shape index (κ1) is 60.4. The van der Waals surface area contributed by atoms with Gasteiger partial charge in [0.05, 0.1) is 13.2 Å². The summed E-state index contributed by atoms with van der Waals surface area (Å²) in [6, 6.07) is -1.56. The van der Waals surface area contributed by atoms with E-state index in [1.165, 1.54) is 57.8 Å². The Kier molecular flexibility index (Phi) is 43.4. The predicted octanol–water partition coefficient (Wildman–Crippen LogP) is 13.2. The standard InChI is InChI=1S/C52H86NO10P/c1-3-5-7-9-11-13-15-17-19-21-22-23-24-25-26-28-30-32-34-36-38-40-42-44-51(56)61-45-48(54)46-62-64(59,60)63-47-49(52(57)58)53-50(55)43-41-39-37-35-33-31-29-27-20-18-16-14-12-10-8-6-4-2/h5,7,11,13,17-20,22-23,25-26,30,32,36,38,48-49,54H,3-4,6,8-10,12,14-16,21,24,27-29,31,33-35,37,39-47H2,1-2H3,(H,53,55)(H,57,58)(H,59,60)/b7-5-,13-11-,19-17-,20-18-,23-22-,26-25-,32-30-,38-36-. The number of ether oxygens (including phenoxy) is 1. The van der Waals surface area contributed by atoms with E-state index in [9.17, 15) is 34.1 Å². The molecule has 0 fully saturated rings. The number of allylic oxidation sites excluding steroid dienone is 16. The number of aliphatic carboxylic acids is 1. The molecule has 0 radical (unpaired) electrons. The molecular formula is C52H86NO10P. The summed E-state index contributed by atoms with van der Waals surface area (Å²) in [7, 11) is -4.78. The SMILES string of the molecule is CC/C=C\C/C=C\C/C=C\C/C=C\C/C=C\C/C=C\C/C=C\CCCC(=O)OCC(O)COP(=O)(O)OCC(NC(=O)CCCCCCCCC/C=C\CCCCCCCC)C(=O)O. The monoisotopic (exact) mass is 916 g/mol. The van der Waals surface area contributed by atoms with Gasteiger partial charge >= 0.3 is 19.8 Å². The van der Waals surface area contributed by atoms with E-state index in [1.54, 1.807) is 0 Å². The van der Waals surface area contributed by atoms with Crippen LogP contribution in [0.1, 0.15) is 181 Å². The second-order valence-corrected chi connectivity index (χ2v) is 17.4.